The Balaban J connectivity index is 2.19. The van der Waals surface area contributed by atoms with Gasteiger partial charge in [-0.15, -0.1) is 0 Å². The summed E-state index contributed by atoms with van der Waals surface area (Å²) in [5.41, 5.74) is 0. The molecule has 0 aliphatic carbocycles. The number of rotatable bonds is 51. The highest BCUT2D eigenvalue weighted by Crippen LogP contribution is 2.23. The van der Waals surface area contributed by atoms with E-state index in [0.29, 0.717) is 6.42 Å². The summed E-state index contributed by atoms with van der Waals surface area (Å²) in [6.07, 6.45) is 57.9. The van der Waals surface area contributed by atoms with Crippen LogP contribution in [0.15, 0.2) is 36.5 Å². The summed E-state index contributed by atoms with van der Waals surface area (Å²) in [5.74, 6) is -0.182. The van der Waals surface area contributed by atoms with Crippen molar-refractivity contribution in [1.82, 2.24) is 5.32 Å². The average Bonchev–Trinajstić information content (AvgIpc) is 3.35. The van der Waals surface area contributed by atoms with E-state index in [1.165, 1.54) is 205 Å². The summed E-state index contributed by atoms with van der Waals surface area (Å²) < 4.78 is 11.3. The molecule has 0 spiro atoms. The zero-order chi connectivity index (χ0) is 50.1. The van der Waals surface area contributed by atoms with Crippen LogP contribution in [0.4, 0.5) is 0 Å². The fraction of sp³-hybridized carbons (Fsp3) is 0.883. The van der Waals surface area contributed by atoms with Crippen LogP contribution in [0, 0.1) is 0 Å². The lowest BCUT2D eigenvalue weighted by Gasteiger charge is -2.40. The molecule has 9 heteroatoms. The number of hydrogen-bond donors (Lipinski definition) is 6. The summed E-state index contributed by atoms with van der Waals surface area (Å²) in [4.78, 5) is 13.0. The van der Waals surface area contributed by atoms with Crippen LogP contribution in [0.1, 0.15) is 284 Å². The number of hydrogen-bond acceptors (Lipinski definition) is 8. The predicted molar refractivity (Wildman–Crippen MR) is 290 cm³/mol. The summed E-state index contributed by atoms with van der Waals surface area (Å²) in [7, 11) is 0. The highest BCUT2D eigenvalue weighted by atomic mass is 16.7. The number of aliphatic hydroxyl groups excluding tert-OH is 5. The molecule has 7 atom stereocenters. The van der Waals surface area contributed by atoms with Crippen molar-refractivity contribution in [1.29, 1.82) is 0 Å². The van der Waals surface area contributed by atoms with Gasteiger partial charge in [-0.25, -0.2) is 0 Å². The molecule has 1 aliphatic heterocycles. The second-order valence-electron chi connectivity index (χ2n) is 20.8. The molecule has 1 fully saturated rings. The van der Waals surface area contributed by atoms with Crippen molar-refractivity contribution >= 4 is 5.91 Å². The van der Waals surface area contributed by atoms with Gasteiger partial charge < -0.3 is 40.3 Å². The molecule has 6 N–H and O–H groups in total. The van der Waals surface area contributed by atoms with Crippen LogP contribution in [0.5, 0.6) is 0 Å². The number of nitrogens with one attached hydrogen (secondary N) is 1. The lowest BCUT2D eigenvalue weighted by molar-refractivity contribution is -0.302. The minimum absolute atomic E-state index is 0.182. The average molecular weight is 977 g/mol. The van der Waals surface area contributed by atoms with Gasteiger partial charge in [0.15, 0.2) is 6.29 Å². The van der Waals surface area contributed by atoms with E-state index in [4.69, 9.17) is 9.47 Å². The number of amides is 1. The SMILES string of the molecule is CCCCC/C=C\C/C=C\CCCCCCCCCC(=O)NC(COC1OC(CO)C(O)C(O)C1O)C(O)/C=C/CCCCCCCCCCCCCCCCCCCCCCCCCCCCC. The maximum absolute atomic E-state index is 13.0. The molecular weight excluding hydrogens is 863 g/mol. The minimum Gasteiger partial charge on any atom is -0.394 e. The first-order valence-electron chi connectivity index (χ1n) is 29.7. The third kappa shape index (κ3) is 39.6. The monoisotopic (exact) mass is 976 g/mol. The molecule has 0 radical (unpaired) electrons. The zero-order valence-corrected chi connectivity index (χ0v) is 45.1. The second-order valence-corrected chi connectivity index (χ2v) is 20.8. The van der Waals surface area contributed by atoms with Crippen molar-refractivity contribution < 1.29 is 39.8 Å². The molecule has 1 rings (SSSR count). The molecular formula is C60H113NO8. The summed E-state index contributed by atoms with van der Waals surface area (Å²) in [6.45, 7) is 3.78. The quantitative estimate of drug-likeness (QED) is 0.0261. The van der Waals surface area contributed by atoms with Crippen LogP contribution in [0.2, 0.25) is 0 Å². The normalized spacial score (nSPS) is 19.7. The predicted octanol–water partition coefficient (Wildman–Crippen LogP) is 14.7. The Morgan fingerprint density at radius 3 is 1.28 bits per heavy atom. The van der Waals surface area contributed by atoms with Crippen molar-refractivity contribution in [2.24, 2.45) is 0 Å². The molecule has 7 unspecified atom stereocenters. The Bertz CT molecular complexity index is 1180. The molecule has 0 aromatic rings. The fourth-order valence-electron chi connectivity index (χ4n) is 9.48. The minimum atomic E-state index is -1.57. The van der Waals surface area contributed by atoms with E-state index < -0.39 is 49.5 Å². The molecule has 1 heterocycles. The van der Waals surface area contributed by atoms with E-state index >= 15 is 0 Å². The van der Waals surface area contributed by atoms with Crippen LogP contribution in [0.25, 0.3) is 0 Å². The van der Waals surface area contributed by atoms with Gasteiger partial charge in [-0.3, -0.25) is 4.79 Å². The van der Waals surface area contributed by atoms with Crippen molar-refractivity contribution in [3.05, 3.63) is 36.5 Å². The summed E-state index contributed by atoms with van der Waals surface area (Å²) >= 11 is 0. The highest BCUT2D eigenvalue weighted by Gasteiger charge is 2.44. The number of unbranched alkanes of at least 4 members (excludes halogenated alkanes) is 37. The Kier molecular flexibility index (Phi) is 47.4. The van der Waals surface area contributed by atoms with E-state index in [1.807, 2.05) is 6.08 Å². The van der Waals surface area contributed by atoms with Gasteiger partial charge in [-0.05, 0) is 51.4 Å². The van der Waals surface area contributed by atoms with Gasteiger partial charge in [0.25, 0.3) is 0 Å². The van der Waals surface area contributed by atoms with E-state index in [-0.39, 0.29) is 12.5 Å². The van der Waals surface area contributed by atoms with Crippen LogP contribution in [-0.4, -0.2) is 87.5 Å². The maximum Gasteiger partial charge on any atom is 0.220 e. The van der Waals surface area contributed by atoms with Crippen molar-refractivity contribution in [3.63, 3.8) is 0 Å². The standard InChI is InChI=1S/C60H113NO8/c1-3-5-7-9-11-13-15-17-19-21-22-23-24-25-26-27-28-29-30-31-32-34-35-37-39-41-43-45-47-49-54(63)53(52-68-60-59(67)58(66)57(65)55(51-62)69-60)61-56(64)50-48-46-44-42-40-38-36-33-20-18-16-14-12-10-8-6-4-2/h12,14,18,20,47,49,53-55,57-60,62-63,65-67H,3-11,13,15-17,19,21-46,48,50-52H2,1-2H3,(H,61,64)/b14-12-,20-18-,49-47+. The van der Waals surface area contributed by atoms with Gasteiger partial charge in [0.1, 0.15) is 24.4 Å². The lowest BCUT2D eigenvalue weighted by Crippen LogP contribution is -2.60. The third-order valence-electron chi connectivity index (χ3n) is 14.2. The Labute approximate surface area is 425 Å². The smallest absolute Gasteiger partial charge is 0.220 e. The maximum atomic E-state index is 13.0. The van der Waals surface area contributed by atoms with Gasteiger partial charge in [-0.2, -0.15) is 0 Å². The number of allylic oxidation sites excluding steroid dienone is 5. The molecule has 406 valence electrons. The van der Waals surface area contributed by atoms with E-state index in [2.05, 4.69) is 43.5 Å². The highest BCUT2D eigenvalue weighted by molar-refractivity contribution is 5.76. The van der Waals surface area contributed by atoms with E-state index in [1.54, 1.807) is 6.08 Å². The Morgan fingerprint density at radius 2 is 0.855 bits per heavy atom. The molecule has 0 aromatic carbocycles. The first-order chi connectivity index (χ1) is 33.8. The number of aliphatic hydroxyl groups is 5. The van der Waals surface area contributed by atoms with Gasteiger partial charge in [0.2, 0.25) is 5.91 Å². The first kappa shape index (κ1) is 65.4. The number of ether oxygens (including phenoxy) is 2. The number of carbonyl (C=O) groups excluding carboxylic acids is 1. The van der Waals surface area contributed by atoms with Crippen molar-refractivity contribution in [2.75, 3.05) is 13.2 Å². The van der Waals surface area contributed by atoms with Crippen LogP contribution < -0.4 is 5.32 Å². The molecule has 9 nitrogen and oxygen atoms in total. The van der Waals surface area contributed by atoms with E-state index in [0.717, 1.165) is 57.8 Å². The molecule has 0 saturated carbocycles. The Morgan fingerprint density at radius 1 is 0.493 bits per heavy atom. The van der Waals surface area contributed by atoms with Gasteiger partial charge >= 0.3 is 0 Å². The van der Waals surface area contributed by atoms with Crippen LogP contribution in [-0.2, 0) is 14.3 Å². The van der Waals surface area contributed by atoms with Crippen LogP contribution in [0.3, 0.4) is 0 Å². The van der Waals surface area contributed by atoms with Gasteiger partial charge in [0, 0.05) is 6.42 Å². The van der Waals surface area contributed by atoms with Crippen molar-refractivity contribution in [3.8, 4) is 0 Å². The summed E-state index contributed by atoms with van der Waals surface area (Å²) in [5, 5.41) is 54.5. The summed E-state index contributed by atoms with van der Waals surface area (Å²) in [6, 6.07) is -0.809. The van der Waals surface area contributed by atoms with E-state index in [9.17, 15) is 30.3 Å². The molecule has 1 amide bonds. The van der Waals surface area contributed by atoms with Gasteiger partial charge in [0.05, 0.1) is 25.4 Å². The lowest BCUT2D eigenvalue weighted by atomic mass is 9.99. The molecule has 69 heavy (non-hydrogen) atoms. The topological polar surface area (TPSA) is 149 Å². The first-order valence-corrected chi connectivity index (χ1v) is 29.7. The zero-order valence-electron chi connectivity index (χ0n) is 45.1. The van der Waals surface area contributed by atoms with Crippen molar-refractivity contribution in [2.45, 2.75) is 326 Å². The molecule has 0 bridgehead atoms. The molecule has 1 aliphatic rings. The second kappa shape index (κ2) is 50.0. The van der Waals surface area contributed by atoms with Crippen LogP contribution >= 0.6 is 0 Å². The number of carbonyl (C=O) groups is 1. The molecule has 1 saturated heterocycles. The largest absolute Gasteiger partial charge is 0.394 e. The third-order valence-corrected chi connectivity index (χ3v) is 14.2. The fourth-order valence-corrected chi connectivity index (χ4v) is 9.48. The van der Waals surface area contributed by atoms with Gasteiger partial charge in [-0.1, -0.05) is 262 Å². The molecule has 0 aromatic heterocycles. The Hall–Kier alpha value is -1.59.